The van der Waals surface area contributed by atoms with E-state index in [4.69, 9.17) is 10.5 Å². The number of hydrogen-bond donors (Lipinski definition) is 2. The van der Waals surface area contributed by atoms with Crippen molar-refractivity contribution in [3.63, 3.8) is 0 Å². The van der Waals surface area contributed by atoms with Crippen molar-refractivity contribution in [2.75, 3.05) is 19.7 Å². The highest BCUT2D eigenvalue weighted by molar-refractivity contribution is 5.77. The Morgan fingerprint density at radius 1 is 1.50 bits per heavy atom. The minimum atomic E-state index is -0.196. The summed E-state index contributed by atoms with van der Waals surface area (Å²) in [6, 6.07) is 0.454. The van der Waals surface area contributed by atoms with E-state index in [0.717, 1.165) is 19.6 Å². The van der Waals surface area contributed by atoms with Gasteiger partial charge in [-0.15, -0.1) is 0 Å². The second-order valence-corrected chi connectivity index (χ2v) is 6.79. The summed E-state index contributed by atoms with van der Waals surface area (Å²) in [4.78, 5) is 14.5. The van der Waals surface area contributed by atoms with Crippen LogP contribution < -0.4 is 11.1 Å². The molecule has 1 rings (SSSR count). The van der Waals surface area contributed by atoms with Crippen molar-refractivity contribution in [2.45, 2.75) is 71.2 Å². The molecule has 5 nitrogen and oxygen atoms in total. The lowest BCUT2D eigenvalue weighted by Gasteiger charge is -2.42. The molecule has 1 saturated heterocycles. The van der Waals surface area contributed by atoms with Crippen molar-refractivity contribution in [3.8, 4) is 0 Å². The third-order valence-corrected chi connectivity index (χ3v) is 3.66. The standard InChI is InChI=1S/C15H31N3O2/c1-6-12-10-20-11(2)9-18(12)13(8-16)7-14(19)17-15(3,4)5/h11-13H,6-10,16H2,1-5H3,(H,17,19). The van der Waals surface area contributed by atoms with Gasteiger partial charge in [0.25, 0.3) is 0 Å². The lowest BCUT2D eigenvalue weighted by Crippen LogP contribution is -2.56. The number of rotatable bonds is 5. The number of amides is 1. The van der Waals surface area contributed by atoms with Crippen LogP contribution in [0.4, 0.5) is 0 Å². The Morgan fingerprint density at radius 3 is 2.65 bits per heavy atom. The van der Waals surface area contributed by atoms with Crippen LogP contribution in [0.1, 0.15) is 47.5 Å². The molecule has 1 fully saturated rings. The third kappa shape index (κ3) is 5.38. The maximum absolute atomic E-state index is 12.1. The predicted octanol–water partition coefficient (Wildman–Crippen LogP) is 1.12. The molecule has 1 heterocycles. The van der Waals surface area contributed by atoms with Gasteiger partial charge in [0.15, 0.2) is 0 Å². The normalized spacial score (nSPS) is 26.3. The average molecular weight is 285 g/mol. The zero-order valence-electron chi connectivity index (χ0n) is 13.6. The molecule has 0 saturated carbocycles. The fraction of sp³-hybridized carbons (Fsp3) is 0.933. The zero-order chi connectivity index (χ0) is 15.3. The Labute approximate surface area is 123 Å². The molecule has 5 heteroatoms. The SMILES string of the molecule is CCC1COC(C)CN1C(CN)CC(=O)NC(C)(C)C. The van der Waals surface area contributed by atoms with E-state index in [9.17, 15) is 4.79 Å². The highest BCUT2D eigenvalue weighted by Crippen LogP contribution is 2.19. The molecular formula is C15H31N3O2. The molecule has 0 aromatic carbocycles. The van der Waals surface area contributed by atoms with Gasteiger partial charge in [-0.3, -0.25) is 9.69 Å². The van der Waals surface area contributed by atoms with Gasteiger partial charge in [0, 0.05) is 37.1 Å². The fourth-order valence-corrected chi connectivity index (χ4v) is 2.69. The number of nitrogens with zero attached hydrogens (tertiary/aromatic N) is 1. The number of nitrogens with two attached hydrogens (primary N) is 1. The first-order valence-corrected chi connectivity index (χ1v) is 7.65. The smallest absolute Gasteiger partial charge is 0.222 e. The summed E-state index contributed by atoms with van der Waals surface area (Å²) in [6.07, 6.45) is 1.68. The first kappa shape index (κ1) is 17.4. The van der Waals surface area contributed by atoms with Gasteiger partial charge in [-0.05, 0) is 34.1 Å². The average Bonchev–Trinajstić information content (AvgIpc) is 2.33. The van der Waals surface area contributed by atoms with Gasteiger partial charge in [0.05, 0.1) is 12.7 Å². The van der Waals surface area contributed by atoms with Crippen molar-refractivity contribution in [3.05, 3.63) is 0 Å². The molecule has 0 spiro atoms. The van der Waals surface area contributed by atoms with Crippen LogP contribution in [-0.2, 0) is 9.53 Å². The number of carbonyl (C=O) groups excluding carboxylic acids is 1. The maximum Gasteiger partial charge on any atom is 0.222 e. The highest BCUT2D eigenvalue weighted by atomic mass is 16.5. The third-order valence-electron chi connectivity index (χ3n) is 3.66. The predicted molar refractivity (Wildman–Crippen MR) is 81.6 cm³/mol. The van der Waals surface area contributed by atoms with Gasteiger partial charge in [0.2, 0.25) is 5.91 Å². The second-order valence-electron chi connectivity index (χ2n) is 6.79. The van der Waals surface area contributed by atoms with Gasteiger partial charge < -0.3 is 15.8 Å². The Bertz CT molecular complexity index is 315. The van der Waals surface area contributed by atoms with E-state index in [2.05, 4.69) is 24.1 Å². The van der Waals surface area contributed by atoms with Crippen molar-refractivity contribution in [1.82, 2.24) is 10.2 Å². The Kier molecular flexibility index (Phi) is 6.43. The minimum absolute atomic E-state index is 0.0712. The van der Waals surface area contributed by atoms with Gasteiger partial charge >= 0.3 is 0 Å². The second kappa shape index (κ2) is 7.38. The monoisotopic (exact) mass is 285 g/mol. The van der Waals surface area contributed by atoms with Crippen LogP contribution in [0, 0.1) is 0 Å². The van der Waals surface area contributed by atoms with Gasteiger partial charge in [-0.25, -0.2) is 0 Å². The summed E-state index contributed by atoms with van der Waals surface area (Å²) in [7, 11) is 0. The molecule has 20 heavy (non-hydrogen) atoms. The molecule has 118 valence electrons. The van der Waals surface area contributed by atoms with Gasteiger partial charge in [0.1, 0.15) is 0 Å². The van der Waals surface area contributed by atoms with Gasteiger partial charge in [-0.1, -0.05) is 6.92 Å². The largest absolute Gasteiger partial charge is 0.376 e. The maximum atomic E-state index is 12.1. The fourth-order valence-electron chi connectivity index (χ4n) is 2.69. The number of carbonyl (C=O) groups is 1. The molecule has 0 bridgehead atoms. The van der Waals surface area contributed by atoms with Crippen LogP contribution >= 0.6 is 0 Å². The van der Waals surface area contributed by atoms with Crippen LogP contribution in [0.25, 0.3) is 0 Å². The highest BCUT2D eigenvalue weighted by Gasteiger charge is 2.32. The lowest BCUT2D eigenvalue weighted by atomic mass is 10.0. The summed E-state index contributed by atoms with van der Waals surface area (Å²) >= 11 is 0. The Morgan fingerprint density at radius 2 is 2.15 bits per heavy atom. The van der Waals surface area contributed by atoms with Crippen molar-refractivity contribution >= 4 is 5.91 Å². The summed E-state index contributed by atoms with van der Waals surface area (Å²) in [5.41, 5.74) is 5.72. The van der Waals surface area contributed by atoms with E-state index in [1.165, 1.54) is 0 Å². The quantitative estimate of drug-likeness (QED) is 0.794. The molecule has 3 N–H and O–H groups in total. The molecule has 0 aromatic rings. The number of hydrogen-bond acceptors (Lipinski definition) is 4. The van der Waals surface area contributed by atoms with Crippen molar-refractivity contribution < 1.29 is 9.53 Å². The molecule has 1 amide bonds. The van der Waals surface area contributed by atoms with E-state index in [1.807, 2.05) is 20.8 Å². The van der Waals surface area contributed by atoms with E-state index >= 15 is 0 Å². The molecule has 0 radical (unpaired) electrons. The molecule has 0 aromatic heterocycles. The van der Waals surface area contributed by atoms with Crippen molar-refractivity contribution in [1.29, 1.82) is 0 Å². The Balaban J connectivity index is 2.65. The number of nitrogens with one attached hydrogen (secondary N) is 1. The van der Waals surface area contributed by atoms with Crippen LogP contribution in [0.5, 0.6) is 0 Å². The number of morpholine rings is 1. The summed E-state index contributed by atoms with van der Waals surface area (Å²) in [5.74, 6) is 0.0712. The van der Waals surface area contributed by atoms with Crippen LogP contribution in [0.2, 0.25) is 0 Å². The van der Waals surface area contributed by atoms with Crippen LogP contribution in [0.15, 0.2) is 0 Å². The summed E-state index contributed by atoms with van der Waals surface area (Å²) < 4.78 is 5.71. The van der Waals surface area contributed by atoms with Crippen molar-refractivity contribution in [2.24, 2.45) is 5.73 Å². The topological polar surface area (TPSA) is 67.6 Å². The Hall–Kier alpha value is -0.650. The van der Waals surface area contributed by atoms with E-state index < -0.39 is 0 Å². The molecule has 3 unspecified atom stereocenters. The van der Waals surface area contributed by atoms with Gasteiger partial charge in [-0.2, -0.15) is 0 Å². The molecule has 1 aliphatic rings. The van der Waals surface area contributed by atoms with E-state index in [0.29, 0.717) is 19.0 Å². The molecule has 0 aliphatic carbocycles. The molecule has 3 atom stereocenters. The first-order valence-electron chi connectivity index (χ1n) is 7.65. The first-order chi connectivity index (χ1) is 9.26. The van der Waals surface area contributed by atoms with E-state index in [1.54, 1.807) is 0 Å². The molecular weight excluding hydrogens is 254 g/mol. The van der Waals surface area contributed by atoms with Crippen LogP contribution in [-0.4, -0.2) is 54.2 Å². The summed E-state index contributed by atoms with van der Waals surface area (Å²) in [5, 5.41) is 3.01. The van der Waals surface area contributed by atoms with Crippen LogP contribution in [0.3, 0.4) is 0 Å². The minimum Gasteiger partial charge on any atom is -0.376 e. The van der Waals surface area contributed by atoms with E-state index in [-0.39, 0.29) is 23.6 Å². The zero-order valence-corrected chi connectivity index (χ0v) is 13.6. The molecule has 1 aliphatic heterocycles. The number of ether oxygens (including phenoxy) is 1. The summed E-state index contributed by atoms with van der Waals surface area (Å²) in [6.45, 7) is 12.3. The lowest BCUT2D eigenvalue weighted by molar-refractivity contribution is -0.126.